The largest absolute Gasteiger partial charge is 0.493 e. The number of aliphatic hydroxyl groups is 1. The fraction of sp³-hybridized carbons (Fsp3) is 0.562. The minimum absolute atomic E-state index is 0.0104. The Kier molecular flexibility index (Phi) is 5.07. The smallest absolute Gasteiger partial charge is 0.258 e. The molecule has 2 atom stereocenters. The van der Waals surface area contributed by atoms with Crippen LogP contribution in [-0.4, -0.2) is 37.4 Å². The van der Waals surface area contributed by atoms with Crippen molar-refractivity contribution in [2.75, 3.05) is 20.3 Å². The van der Waals surface area contributed by atoms with Gasteiger partial charge in [0.25, 0.3) is 5.91 Å². The number of amides is 1. The van der Waals surface area contributed by atoms with E-state index in [4.69, 9.17) is 9.47 Å². The molecule has 5 nitrogen and oxygen atoms in total. The number of hydrogen-bond donors (Lipinski definition) is 2. The summed E-state index contributed by atoms with van der Waals surface area (Å²) in [5.41, 5.74) is -0.222. The van der Waals surface area contributed by atoms with E-state index in [1.54, 1.807) is 19.2 Å². The van der Waals surface area contributed by atoms with E-state index in [2.05, 4.69) is 5.32 Å². The molecule has 5 heteroatoms. The highest BCUT2D eigenvalue weighted by atomic mass is 16.5. The maximum absolute atomic E-state index is 12.0. The molecule has 1 fully saturated rings. The van der Waals surface area contributed by atoms with Gasteiger partial charge < -0.3 is 19.9 Å². The second-order valence-electron chi connectivity index (χ2n) is 5.76. The Bertz CT molecular complexity index is 491. The highest BCUT2D eigenvalue weighted by molar-refractivity contribution is 5.78. The number of rotatable bonds is 6. The van der Waals surface area contributed by atoms with Gasteiger partial charge in [0.05, 0.1) is 13.7 Å². The summed E-state index contributed by atoms with van der Waals surface area (Å²) in [4.78, 5) is 12.0. The van der Waals surface area contributed by atoms with Crippen LogP contribution < -0.4 is 14.8 Å². The lowest BCUT2D eigenvalue weighted by Gasteiger charge is -2.30. The highest BCUT2D eigenvalue weighted by Crippen LogP contribution is 2.37. The topological polar surface area (TPSA) is 67.8 Å². The Balaban J connectivity index is 1.88. The summed E-state index contributed by atoms with van der Waals surface area (Å²) in [6, 6.07) is 7.23. The summed E-state index contributed by atoms with van der Waals surface area (Å²) in [7, 11) is 1.56. The summed E-state index contributed by atoms with van der Waals surface area (Å²) in [5, 5.41) is 12.4. The molecule has 0 aromatic heterocycles. The van der Waals surface area contributed by atoms with Crippen LogP contribution >= 0.6 is 0 Å². The van der Waals surface area contributed by atoms with E-state index < -0.39 is 0 Å². The van der Waals surface area contributed by atoms with Gasteiger partial charge in [-0.2, -0.15) is 0 Å². The minimum atomic E-state index is -0.222. The van der Waals surface area contributed by atoms with E-state index in [0.717, 1.165) is 19.3 Å². The monoisotopic (exact) mass is 293 g/mol. The van der Waals surface area contributed by atoms with Gasteiger partial charge in [0.2, 0.25) is 0 Å². The zero-order valence-corrected chi connectivity index (χ0v) is 12.6. The Morgan fingerprint density at radius 2 is 2.14 bits per heavy atom. The van der Waals surface area contributed by atoms with Crippen LogP contribution in [0, 0.1) is 5.41 Å². The maximum Gasteiger partial charge on any atom is 0.258 e. The Morgan fingerprint density at radius 3 is 2.81 bits per heavy atom. The number of para-hydroxylation sites is 2. The van der Waals surface area contributed by atoms with Crippen molar-refractivity contribution in [2.24, 2.45) is 5.41 Å². The van der Waals surface area contributed by atoms with Crippen molar-refractivity contribution in [3.8, 4) is 11.5 Å². The average Bonchev–Trinajstić information content (AvgIpc) is 2.87. The molecule has 0 heterocycles. The van der Waals surface area contributed by atoms with E-state index in [1.807, 2.05) is 19.1 Å². The van der Waals surface area contributed by atoms with Crippen molar-refractivity contribution < 1.29 is 19.4 Å². The van der Waals surface area contributed by atoms with Crippen LogP contribution in [0.4, 0.5) is 0 Å². The summed E-state index contributed by atoms with van der Waals surface area (Å²) in [6.45, 7) is 2.04. The van der Waals surface area contributed by atoms with Gasteiger partial charge in [-0.3, -0.25) is 4.79 Å². The lowest BCUT2D eigenvalue weighted by molar-refractivity contribution is -0.124. The lowest BCUT2D eigenvalue weighted by Crippen LogP contribution is -2.46. The summed E-state index contributed by atoms with van der Waals surface area (Å²) in [6.07, 6.45) is 2.86. The molecule has 1 aliphatic rings. The molecule has 1 aromatic rings. The molecule has 0 spiro atoms. The van der Waals surface area contributed by atoms with Crippen molar-refractivity contribution in [2.45, 2.75) is 32.2 Å². The average molecular weight is 293 g/mol. The van der Waals surface area contributed by atoms with Crippen LogP contribution in [0.3, 0.4) is 0 Å². The minimum Gasteiger partial charge on any atom is -0.493 e. The normalized spacial score (nSPS) is 24.6. The molecule has 2 rings (SSSR count). The number of methoxy groups -OCH3 is 1. The fourth-order valence-electron chi connectivity index (χ4n) is 2.79. The lowest BCUT2D eigenvalue weighted by atomic mass is 9.86. The van der Waals surface area contributed by atoms with E-state index in [9.17, 15) is 9.90 Å². The summed E-state index contributed by atoms with van der Waals surface area (Å²) in [5.74, 6) is 0.977. The highest BCUT2D eigenvalue weighted by Gasteiger charge is 2.39. The molecule has 0 unspecified atom stereocenters. The molecule has 0 aliphatic heterocycles. The first kappa shape index (κ1) is 15.6. The van der Waals surface area contributed by atoms with Gasteiger partial charge in [0, 0.05) is 11.5 Å². The number of benzene rings is 1. The molecule has 21 heavy (non-hydrogen) atoms. The van der Waals surface area contributed by atoms with E-state index >= 15 is 0 Å². The molecule has 1 aliphatic carbocycles. The summed E-state index contributed by atoms with van der Waals surface area (Å²) < 4.78 is 10.7. The zero-order chi connectivity index (χ0) is 15.3. The molecular weight excluding hydrogens is 270 g/mol. The molecule has 1 aromatic carbocycles. The van der Waals surface area contributed by atoms with Gasteiger partial charge in [-0.25, -0.2) is 0 Å². The molecular formula is C16H23NO4. The number of aliphatic hydroxyl groups excluding tert-OH is 1. The third-order valence-electron chi connectivity index (χ3n) is 4.21. The van der Waals surface area contributed by atoms with Gasteiger partial charge in [-0.05, 0) is 25.0 Å². The van der Waals surface area contributed by atoms with Gasteiger partial charge in [-0.1, -0.05) is 25.5 Å². The number of hydrogen-bond acceptors (Lipinski definition) is 4. The predicted molar refractivity (Wildman–Crippen MR) is 79.5 cm³/mol. The van der Waals surface area contributed by atoms with Crippen LogP contribution in [0.5, 0.6) is 11.5 Å². The first-order chi connectivity index (χ1) is 10.1. The molecule has 0 saturated heterocycles. The number of carbonyl (C=O) groups is 1. The third-order valence-corrected chi connectivity index (χ3v) is 4.21. The van der Waals surface area contributed by atoms with Gasteiger partial charge in [0.15, 0.2) is 18.1 Å². The van der Waals surface area contributed by atoms with Crippen molar-refractivity contribution >= 4 is 5.91 Å². The van der Waals surface area contributed by atoms with Crippen molar-refractivity contribution in [3.05, 3.63) is 24.3 Å². The van der Waals surface area contributed by atoms with Gasteiger partial charge in [0.1, 0.15) is 0 Å². The zero-order valence-electron chi connectivity index (χ0n) is 12.6. The SMILES string of the molecule is COc1ccccc1OCC(=O)N[C@H]1CCC[C@@]1(C)CO. The van der Waals surface area contributed by atoms with Crippen LogP contribution in [-0.2, 0) is 4.79 Å². The Hall–Kier alpha value is -1.75. The third kappa shape index (κ3) is 3.67. The summed E-state index contributed by atoms with van der Waals surface area (Å²) >= 11 is 0. The second kappa shape index (κ2) is 6.80. The fourth-order valence-corrected chi connectivity index (χ4v) is 2.79. The molecule has 0 radical (unpaired) electrons. The predicted octanol–water partition coefficient (Wildman–Crippen LogP) is 1.74. The number of ether oxygens (including phenoxy) is 2. The van der Waals surface area contributed by atoms with Crippen LogP contribution in [0.1, 0.15) is 26.2 Å². The van der Waals surface area contributed by atoms with Gasteiger partial charge >= 0.3 is 0 Å². The van der Waals surface area contributed by atoms with Crippen LogP contribution in [0.15, 0.2) is 24.3 Å². The second-order valence-corrected chi connectivity index (χ2v) is 5.76. The molecule has 1 amide bonds. The Labute approximate surface area is 125 Å². The van der Waals surface area contributed by atoms with E-state index in [-0.39, 0.29) is 30.6 Å². The van der Waals surface area contributed by atoms with Crippen LogP contribution in [0.2, 0.25) is 0 Å². The standard InChI is InChI=1S/C16H23NO4/c1-16(11-18)9-5-8-14(16)17-15(19)10-21-13-7-4-3-6-12(13)20-2/h3-4,6-7,14,18H,5,8-11H2,1-2H3,(H,17,19)/t14-,16-/m0/s1. The van der Waals surface area contributed by atoms with Crippen molar-refractivity contribution in [1.82, 2.24) is 5.32 Å². The number of nitrogens with one attached hydrogen (secondary N) is 1. The van der Waals surface area contributed by atoms with Gasteiger partial charge in [-0.15, -0.1) is 0 Å². The van der Waals surface area contributed by atoms with E-state index in [1.165, 1.54) is 0 Å². The van der Waals surface area contributed by atoms with Crippen LogP contribution in [0.25, 0.3) is 0 Å². The van der Waals surface area contributed by atoms with Crippen molar-refractivity contribution in [1.29, 1.82) is 0 Å². The quantitative estimate of drug-likeness (QED) is 0.838. The Morgan fingerprint density at radius 1 is 1.43 bits per heavy atom. The molecule has 116 valence electrons. The van der Waals surface area contributed by atoms with Crippen molar-refractivity contribution in [3.63, 3.8) is 0 Å². The molecule has 1 saturated carbocycles. The molecule has 2 N–H and O–H groups in total. The first-order valence-corrected chi connectivity index (χ1v) is 7.25. The molecule has 0 bridgehead atoms. The number of carbonyl (C=O) groups excluding carboxylic acids is 1. The maximum atomic E-state index is 12.0. The first-order valence-electron chi connectivity index (χ1n) is 7.25. The van der Waals surface area contributed by atoms with E-state index in [0.29, 0.717) is 11.5 Å².